The SMILES string of the molecule is CCCC(=O)N1CCCC1C(=O)Nc1ccc(N2CCCCC2)cn1. The number of pyridine rings is 1. The summed E-state index contributed by atoms with van der Waals surface area (Å²) in [6.07, 6.45) is 8.50. The van der Waals surface area contributed by atoms with Gasteiger partial charge in [0, 0.05) is 26.1 Å². The monoisotopic (exact) mass is 344 g/mol. The topological polar surface area (TPSA) is 65.5 Å². The highest BCUT2D eigenvalue weighted by atomic mass is 16.2. The van der Waals surface area contributed by atoms with Crippen LogP contribution in [-0.2, 0) is 9.59 Å². The van der Waals surface area contributed by atoms with Crippen LogP contribution in [0, 0.1) is 0 Å². The van der Waals surface area contributed by atoms with Crippen LogP contribution in [0.1, 0.15) is 51.9 Å². The molecule has 3 heterocycles. The van der Waals surface area contributed by atoms with Gasteiger partial charge in [0.2, 0.25) is 11.8 Å². The Hall–Kier alpha value is -2.11. The van der Waals surface area contributed by atoms with Crippen molar-refractivity contribution < 1.29 is 9.59 Å². The van der Waals surface area contributed by atoms with Crippen LogP contribution in [-0.4, -0.2) is 47.4 Å². The lowest BCUT2D eigenvalue weighted by Gasteiger charge is -2.28. The van der Waals surface area contributed by atoms with Crippen LogP contribution < -0.4 is 10.2 Å². The van der Waals surface area contributed by atoms with E-state index in [-0.39, 0.29) is 17.9 Å². The Morgan fingerprint density at radius 1 is 1.16 bits per heavy atom. The molecule has 1 N–H and O–H groups in total. The minimum Gasteiger partial charge on any atom is -0.370 e. The van der Waals surface area contributed by atoms with Gasteiger partial charge < -0.3 is 15.1 Å². The van der Waals surface area contributed by atoms with E-state index in [1.165, 1.54) is 19.3 Å². The first kappa shape index (κ1) is 17.7. The number of aromatic nitrogens is 1. The van der Waals surface area contributed by atoms with Gasteiger partial charge >= 0.3 is 0 Å². The Balaban J connectivity index is 1.59. The molecule has 2 amide bonds. The second-order valence-corrected chi connectivity index (χ2v) is 6.93. The van der Waals surface area contributed by atoms with Crippen LogP contribution in [0.15, 0.2) is 18.3 Å². The fourth-order valence-corrected chi connectivity index (χ4v) is 3.70. The van der Waals surface area contributed by atoms with Crippen molar-refractivity contribution in [2.24, 2.45) is 0 Å². The van der Waals surface area contributed by atoms with Crippen LogP contribution in [0.5, 0.6) is 0 Å². The maximum atomic E-state index is 12.6. The molecular formula is C19H28N4O2. The summed E-state index contributed by atoms with van der Waals surface area (Å²) in [5.41, 5.74) is 1.11. The lowest BCUT2D eigenvalue weighted by Crippen LogP contribution is -2.43. The molecule has 25 heavy (non-hydrogen) atoms. The summed E-state index contributed by atoms with van der Waals surface area (Å²) in [6, 6.07) is 3.51. The van der Waals surface area contributed by atoms with Crippen molar-refractivity contribution in [2.45, 2.75) is 57.9 Å². The normalized spacial score (nSPS) is 20.6. The quantitative estimate of drug-likeness (QED) is 0.892. The molecule has 6 nitrogen and oxygen atoms in total. The second kappa shape index (κ2) is 8.32. The first-order valence-corrected chi connectivity index (χ1v) is 9.50. The zero-order valence-corrected chi connectivity index (χ0v) is 15.0. The van der Waals surface area contributed by atoms with Crippen LogP contribution in [0.25, 0.3) is 0 Å². The van der Waals surface area contributed by atoms with Crippen LogP contribution in [0.2, 0.25) is 0 Å². The molecule has 1 aromatic heterocycles. The van der Waals surface area contributed by atoms with E-state index in [2.05, 4.69) is 15.2 Å². The number of rotatable bonds is 5. The highest BCUT2D eigenvalue weighted by Crippen LogP contribution is 2.22. The van der Waals surface area contributed by atoms with E-state index in [4.69, 9.17) is 0 Å². The molecule has 6 heteroatoms. The average molecular weight is 344 g/mol. The van der Waals surface area contributed by atoms with E-state index in [1.54, 1.807) is 4.90 Å². The molecule has 3 rings (SSSR count). The number of amides is 2. The molecule has 2 saturated heterocycles. The zero-order chi connectivity index (χ0) is 17.6. The number of anilines is 2. The summed E-state index contributed by atoms with van der Waals surface area (Å²) in [6.45, 7) is 4.81. The summed E-state index contributed by atoms with van der Waals surface area (Å²) in [5, 5.41) is 2.88. The Kier molecular flexibility index (Phi) is 5.89. The third-order valence-electron chi connectivity index (χ3n) is 5.06. The molecule has 1 unspecified atom stereocenters. The van der Waals surface area contributed by atoms with E-state index >= 15 is 0 Å². The zero-order valence-electron chi connectivity index (χ0n) is 15.0. The number of hydrogen-bond acceptors (Lipinski definition) is 4. The minimum absolute atomic E-state index is 0.0774. The Morgan fingerprint density at radius 3 is 2.64 bits per heavy atom. The Labute approximate surface area is 149 Å². The van der Waals surface area contributed by atoms with Gasteiger partial charge in [0.25, 0.3) is 0 Å². The second-order valence-electron chi connectivity index (χ2n) is 6.93. The van der Waals surface area contributed by atoms with E-state index in [0.717, 1.165) is 38.0 Å². The van der Waals surface area contributed by atoms with E-state index in [0.29, 0.717) is 18.8 Å². The average Bonchev–Trinajstić information content (AvgIpc) is 3.13. The van der Waals surface area contributed by atoms with Crippen molar-refractivity contribution >= 4 is 23.3 Å². The fourth-order valence-electron chi connectivity index (χ4n) is 3.70. The van der Waals surface area contributed by atoms with Crippen molar-refractivity contribution in [2.75, 3.05) is 29.9 Å². The summed E-state index contributed by atoms with van der Waals surface area (Å²) in [7, 11) is 0. The summed E-state index contributed by atoms with van der Waals surface area (Å²) < 4.78 is 0. The van der Waals surface area contributed by atoms with Gasteiger partial charge in [-0.15, -0.1) is 0 Å². The molecule has 1 aromatic rings. The maximum absolute atomic E-state index is 12.6. The molecule has 2 aliphatic heterocycles. The standard InChI is InChI=1S/C19H28N4O2/c1-2-7-18(24)23-13-6-8-16(23)19(25)21-17-10-9-15(14-20-17)22-11-4-3-5-12-22/h9-10,14,16H,2-8,11-13H2,1H3,(H,20,21,25). The minimum atomic E-state index is -0.359. The van der Waals surface area contributed by atoms with Gasteiger partial charge in [-0.3, -0.25) is 9.59 Å². The third-order valence-corrected chi connectivity index (χ3v) is 5.06. The van der Waals surface area contributed by atoms with E-state index < -0.39 is 0 Å². The molecule has 2 fully saturated rings. The van der Waals surface area contributed by atoms with Gasteiger partial charge in [0.1, 0.15) is 11.9 Å². The van der Waals surface area contributed by atoms with E-state index in [9.17, 15) is 9.59 Å². The summed E-state index contributed by atoms with van der Waals surface area (Å²) >= 11 is 0. The van der Waals surface area contributed by atoms with Crippen molar-refractivity contribution in [3.05, 3.63) is 18.3 Å². The smallest absolute Gasteiger partial charge is 0.248 e. The first-order valence-electron chi connectivity index (χ1n) is 9.50. The highest BCUT2D eigenvalue weighted by molar-refractivity contribution is 5.97. The number of nitrogens with zero attached hydrogens (tertiary/aromatic N) is 3. The molecule has 0 bridgehead atoms. The summed E-state index contributed by atoms with van der Waals surface area (Å²) in [5.74, 6) is 0.509. The molecule has 0 aromatic carbocycles. The number of carbonyl (C=O) groups excluding carboxylic acids is 2. The molecule has 0 aliphatic carbocycles. The van der Waals surface area contributed by atoms with Gasteiger partial charge in [0.05, 0.1) is 11.9 Å². The molecule has 0 saturated carbocycles. The number of nitrogens with one attached hydrogen (secondary N) is 1. The first-order chi connectivity index (χ1) is 12.2. The predicted molar refractivity (Wildman–Crippen MR) is 98.6 cm³/mol. The van der Waals surface area contributed by atoms with Crippen molar-refractivity contribution in [3.8, 4) is 0 Å². The van der Waals surface area contributed by atoms with E-state index in [1.807, 2.05) is 25.3 Å². The highest BCUT2D eigenvalue weighted by Gasteiger charge is 2.33. The third kappa shape index (κ3) is 4.30. The number of carbonyl (C=O) groups is 2. The molecule has 2 aliphatic rings. The van der Waals surface area contributed by atoms with Gasteiger partial charge in [-0.1, -0.05) is 6.92 Å². The summed E-state index contributed by atoms with van der Waals surface area (Å²) in [4.78, 5) is 33.2. The fraction of sp³-hybridized carbons (Fsp3) is 0.632. The Morgan fingerprint density at radius 2 is 1.96 bits per heavy atom. The lowest BCUT2D eigenvalue weighted by molar-refractivity contribution is -0.136. The molecule has 0 radical (unpaired) electrons. The molecule has 0 spiro atoms. The van der Waals surface area contributed by atoms with Gasteiger partial charge in [0.15, 0.2) is 0 Å². The van der Waals surface area contributed by atoms with Crippen molar-refractivity contribution in [3.63, 3.8) is 0 Å². The van der Waals surface area contributed by atoms with Crippen molar-refractivity contribution in [1.82, 2.24) is 9.88 Å². The lowest BCUT2D eigenvalue weighted by atomic mass is 10.1. The number of piperidine rings is 1. The van der Waals surface area contributed by atoms with Crippen molar-refractivity contribution in [1.29, 1.82) is 0 Å². The molecule has 1 atom stereocenters. The molecular weight excluding hydrogens is 316 g/mol. The Bertz CT molecular complexity index is 596. The van der Waals surface area contributed by atoms with Gasteiger partial charge in [-0.05, 0) is 50.7 Å². The van der Waals surface area contributed by atoms with Gasteiger partial charge in [-0.2, -0.15) is 0 Å². The van der Waals surface area contributed by atoms with Crippen LogP contribution >= 0.6 is 0 Å². The van der Waals surface area contributed by atoms with Crippen LogP contribution in [0.3, 0.4) is 0 Å². The number of likely N-dealkylation sites (tertiary alicyclic amines) is 1. The largest absolute Gasteiger partial charge is 0.370 e. The number of hydrogen-bond donors (Lipinski definition) is 1. The van der Waals surface area contributed by atoms with Crippen LogP contribution in [0.4, 0.5) is 11.5 Å². The molecule has 136 valence electrons. The predicted octanol–water partition coefficient (Wildman–Crippen LogP) is 2.80. The maximum Gasteiger partial charge on any atom is 0.248 e. The van der Waals surface area contributed by atoms with Gasteiger partial charge in [-0.25, -0.2) is 4.98 Å².